The zero-order valence-corrected chi connectivity index (χ0v) is 22.3. The maximum atomic E-state index is 12.2. The maximum absolute atomic E-state index is 12.2. The van der Waals surface area contributed by atoms with Gasteiger partial charge in [0.05, 0.1) is 14.2 Å². The molecule has 0 spiro atoms. The highest BCUT2D eigenvalue weighted by Gasteiger charge is 2.27. The Kier molecular flexibility index (Phi) is 11.5. The highest BCUT2D eigenvalue weighted by Crippen LogP contribution is 2.33. The molecule has 1 aromatic carbocycles. The van der Waals surface area contributed by atoms with E-state index in [0.717, 1.165) is 61.0 Å². The molecule has 3 atom stereocenters. The lowest BCUT2D eigenvalue weighted by molar-refractivity contribution is 0.353. The van der Waals surface area contributed by atoms with Crippen LogP contribution in [0.2, 0.25) is 0 Å². The van der Waals surface area contributed by atoms with Crippen LogP contribution in [-0.2, 0) is 16.2 Å². The fourth-order valence-corrected chi connectivity index (χ4v) is 5.15. The molecule has 0 saturated heterocycles. The molecule has 8 heteroatoms. The van der Waals surface area contributed by atoms with Crippen molar-refractivity contribution in [2.45, 2.75) is 63.2 Å². The Morgan fingerprint density at radius 3 is 2.53 bits per heavy atom. The van der Waals surface area contributed by atoms with E-state index in [-0.39, 0.29) is 29.4 Å². The molecular formula is C22H38IN3O3S. The van der Waals surface area contributed by atoms with E-state index in [9.17, 15) is 4.21 Å². The molecule has 1 aromatic rings. The van der Waals surface area contributed by atoms with Crippen LogP contribution >= 0.6 is 24.0 Å². The van der Waals surface area contributed by atoms with E-state index in [1.165, 1.54) is 0 Å². The minimum absolute atomic E-state index is 0. The molecular weight excluding hydrogens is 513 g/mol. The topological polar surface area (TPSA) is 72.0 Å². The second kappa shape index (κ2) is 12.7. The summed E-state index contributed by atoms with van der Waals surface area (Å²) in [4.78, 5) is 4.40. The maximum Gasteiger partial charge on any atom is 0.191 e. The zero-order chi connectivity index (χ0) is 21.4. The number of hydrogen-bond donors (Lipinski definition) is 2. The first kappa shape index (κ1) is 27.0. The van der Waals surface area contributed by atoms with Gasteiger partial charge in [0.1, 0.15) is 0 Å². The first-order chi connectivity index (χ1) is 13.8. The van der Waals surface area contributed by atoms with Crippen molar-refractivity contribution in [2.24, 2.45) is 4.99 Å². The van der Waals surface area contributed by atoms with Crippen molar-refractivity contribution in [3.63, 3.8) is 0 Å². The Balaban J connectivity index is 0.00000450. The monoisotopic (exact) mass is 551 g/mol. The van der Waals surface area contributed by atoms with Crippen LogP contribution in [0, 0.1) is 0 Å². The van der Waals surface area contributed by atoms with Gasteiger partial charge in [-0.1, -0.05) is 33.3 Å². The van der Waals surface area contributed by atoms with Gasteiger partial charge >= 0.3 is 0 Å². The number of nitrogens with one attached hydrogen (secondary N) is 2. The second-order valence-electron chi connectivity index (χ2n) is 8.18. The number of nitrogens with zero attached hydrogens (tertiary/aromatic N) is 1. The number of aliphatic imine (C=N–C) groups is 1. The lowest BCUT2D eigenvalue weighted by Crippen LogP contribution is -2.49. The van der Waals surface area contributed by atoms with E-state index in [4.69, 9.17) is 9.47 Å². The van der Waals surface area contributed by atoms with Crippen molar-refractivity contribution in [2.75, 3.05) is 33.6 Å². The van der Waals surface area contributed by atoms with Crippen LogP contribution in [0.5, 0.6) is 11.5 Å². The largest absolute Gasteiger partial charge is 0.493 e. The number of hydrogen-bond acceptors (Lipinski definition) is 4. The van der Waals surface area contributed by atoms with Gasteiger partial charge in [0.25, 0.3) is 0 Å². The quantitative estimate of drug-likeness (QED) is 0.292. The van der Waals surface area contributed by atoms with E-state index in [1.807, 2.05) is 19.1 Å². The molecule has 1 fully saturated rings. The van der Waals surface area contributed by atoms with Crippen molar-refractivity contribution >= 4 is 40.7 Å². The molecule has 30 heavy (non-hydrogen) atoms. The first-order valence-corrected chi connectivity index (χ1v) is 11.8. The molecule has 0 amide bonds. The van der Waals surface area contributed by atoms with Gasteiger partial charge in [-0.15, -0.1) is 24.0 Å². The summed E-state index contributed by atoms with van der Waals surface area (Å²) >= 11 is 0. The van der Waals surface area contributed by atoms with E-state index in [1.54, 1.807) is 21.3 Å². The van der Waals surface area contributed by atoms with Gasteiger partial charge in [0.15, 0.2) is 17.5 Å². The molecule has 3 unspecified atom stereocenters. The molecule has 172 valence electrons. The Morgan fingerprint density at radius 1 is 1.23 bits per heavy atom. The Hall–Kier alpha value is -1.03. The zero-order valence-electron chi connectivity index (χ0n) is 19.1. The molecule has 1 aliphatic carbocycles. The highest BCUT2D eigenvalue weighted by atomic mass is 127. The molecule has 1 aliphatic rings. The van der Waals surface area contributed by atoms with Crippen LogP contribution in [0.1, 0.15) is 52.0 Å². The van der Waals surface area contributed by atoms with Crippen LogP contribution in [0.25, 0.3) is 0 Å². The van der Waals surface area contributed by atoms with Crippen LogP contribution in [0.15, 0.2) is 23.2 Å². The van der Waals surface area contributed by atoms with Crippen LogP contribution < -0.4 is 20.1 Å². The number of guanidine groups is 1. The predicted octanol–water partition coefficient (Wildman–Crippen LogP) is 3.84. The van der Waals surface area contributed by atoms with Gasteiger partial charge in [-0.2, -0.15) is 0 Å². The van der Waals surface area contributed by atoms with Gasteiger partial charge in [0.2, 0.25) is 0 Å². The van der Waals surface area contributed by atoms with Crippen LogP contribution in [-0.4, -0.2) is 55.0 Å². The van der Waals surface area contributed by atoms with Crippen LogP contribution in [0.4, 0.5) is 0 Å². The molecule has 0 aliphatic heterocycles. The average molecular weight is 552 g/mol. The summed E-state index contributed by atoms with van der Waals surface area (Å²) in [6.45, 7) is 7.11. The summed E-state index contributed by atoms with van der Waals surface area (Å²) in [5.41, 5.74) is 1.03. The minimum atomic E-state index is -0.722. The van der Waals surface area contributed by atoms with E-state index in [0.29, 0.717) is 11.3 Å². The summed E-state index contributed by atoms with van der Waals surface area (Å²) in [6, 6.07) is 6.37. The van der Waals surface area contributed by atoms with Crippen molar-refractivity contribution in [3.8, 4) is 11.5 Å². The lowest BCUT2D eigenvalue weighted by atomic mass is 9.84. The molecule has 0 aromatic heterocycles. The first-order valence-electron chi connectivity index (χ1n) is 10.4. The Morgan fingerprint density at radius 2 is 1.93 bits per heavy atom. The molecule has 0 bridgehead atoms. The standard InChI is InChI=1S/C22H37N3O3S.HI/c1-7-29(26)18-10-8-9-17(14-18)25-21(23-4)24-15-22(2,3)16-11-12-19(27-5)20(13-16)28-6;/h11-13,17-18H,7-10,14-15H2,1-6H3,(H2,23,24,25);1H. The van der Waals surface area contributed by atoms with Crippen molar-refractivity contribution in [3.05, 3.63) is 23.8 Å². The van der Waals surface area contributed by atoms with E-state index >= 15 is 0 Å². The van der Waals surface area contributed by atoms with Crippen molar-refractivity contribution < 1.29 is 13.7 Å². The summed E-state index contributed by atoms with van der Waals surface area (Å²) in [7, 11) is 4.37. The Bertz CT molecular complexity index is 728. The predicted molar refractivity (Wildman–Crippen MR) is 137 cm³/mol. The smallest absolute Gasteiger partial charge is 0.191 e. The third kappa shape index (κ3) is 7.28. The number of rotatable bonds is 8. The molecule has 2 N–H and O–H groups in total. The molecule has 2 rings (SSSR count). The SMILES string of the molecule is CCS(=O)C1CCCC(NC(=NC)NCC(C)(C)c2ccc(OC)c(OC)c2)C1.I. The molecule has 1 saturated carbocycles. The minimum Gasteiger partial charge on any atom is -0.493 e. The highest BCUT2D eigenvalue weighted by molar-refractivity contribution is 14.0. The number of methoxy groups -OCH3 is 2. The summed E-state index contributed by atoms with van der Waals surface area (Å²) in [5.74, 6) is 3.00. The lowest BCUT2D eigenvalue weighted by Gasteiger charge is -2.32. The van der Waals surface area contributed by atoms with Crippen molar-refractivity contribution in [1.29, 1.82) is 0 Å². The summed E-state index contributed by atoms with van der Waals surface area (Å²) in [5, 5.41) is 7.31. The fourth-order valence-electron chi connectivity index (χ4n) is 3.80. The number of ether oxygens (including phenoxy) is 2. The van der Waals surface area contributed by atoms with E-state index < -0.39 is 10.8 Å². The average Bonchev–Trinajstić information content (AvgIpc) is 2.75. The van der Waals surface area contributed by atoms with Crippen LogP contribution in [0.3, 0.4) is 0 Å². The molecule has 0 radical (unpaired) electrons. The second-order valence-corrected chi connectivity index (χ2v) is 10.2. The van der Waals surface area contributed by atoms with Gasteiger partial charge in [-0.05, 0) is 37.0 Å². The fraction of sp³-hybridized carbons (Fsp3) is 0.682. The Labute approximate surface area is 201 Å². The van der Waals surface area contributed by atoms with Gasteiger partial charge < -0.3 is 20.1 Å². The van der Waals surface area contributed by atoms with Gasteiger partial charge in [-0.25, -0.2) is 0 Å². The summed E-state index contributed by atoms with van der Waals surface area (Å²) in [6.07, 6.45) is 4.22. The molecule has 6 nitrogen and oxygen atoms in total. The number of benzene rings is 1. The van der Waals surface area contributed by atoms with Gasteiger partial charge in [-0.3, -0.25) is 9.20 Å². The molecule has 0 heterocycles. The third-order valence-electron chi connectivity index (χ3n) is 5.71. The normalized spacial score (nSPS) is 20.7. The third-order valence-corrected chi connectivity index (χ3v) is 7.45. The number of halogens is 1. The van der Waals surface area contributed by atoms with E-state index in [2.05, 4.69) is 35.5 Å². The van der Waals surface area contributed by atoms with Gasteiger partial charge in [0, 0.05) is 46.9 Å². The summed E-state index contributed by atoms with van der Waals surface area (Å²) < 4.78 is 23.0. The van der Waals surface area contributed by atoms with Crippen molar-refractivity contribution in [1.82, 2.24) is 10.6 Å².